The molecule has 282 valence electrons. The van der Waals surface area contributed by atoms with E-state index in [1.54, 1.807) is 36.6 Å². The van der Waals surface area contributed by atoms with Gasteiger partial charge in [-0.1, -0.05) is 19.9 Å². The van der Waals surface area contributed by atoms with Gasteiger partial charge in [-0.25, -0.2) is 18.2 Å². The number of allylic oxidation sites excluding steroid dienone is 1. The number of aromatic nitrogens is 2. The normalized spacial score (nSPS) is 15.9. The number of likely N-dealkylation sites (tertiary alicyclic amines) is 1. The van der Waals surface area contributed by atoms with Gasteiger partial charge in [0.2, 0.25) is 15.9 Å². The Kier molecular flexibility index (Phi) is 15.0. The minimum atomic E-state index is -3.77. The Morgan fingerprint density at radius 1 is 1.17 bits per heavy atom. The predicted octanol–water partition coefficient (Wildman–Crippen LogP) is 5.05. The summed E-state index contributed by atoms with van der Waals surface area (Å²) < 4.78 is 31.2. The van der Waals surface area contributed by atoms with E-state index in [2.05, 4.69) is 58.6 Å². The van der Waals surface area contributed by atoms with Crippen LogP contribution in [0.1, 0.15) is 84.3 Å². The topological polar surface area (TPSA) is 180 Å². The average Bonchev–Trinajstić information content (AvgIpc) is 3.48. The van der Waals surface area contributed by atoms with E-state index in [1.807, 2.05) is 17.5 Å². The number of urea groups is 1. The first-order valence-electron chi connectivity index (χ1n) is 17.2. The van der Waals surface area contributed by atoms with Crippen molar-refractivity contribution in [3.8, 4) is 29.3 Å². The molecule has 1 aliphatic carbocycles. The predicted molar refractivity (Wildman–Crippen MR) is 206 cm³/mol. The van der Waals surface area contributed by atoms with E-state index in [0.29, 0.717) is 50.1 Å². The molecule has 1 saturated heterocycles. The maximum Gasteiger partial charge on any atom is 0.318 e. The number of rotatable bonds is 13. The van der Waals surface area contributed by atoms with Gasteiger partial charge in [0.15, 0.2) is 5.43 Å². The molecule has 52 heavy (non-hydrogen) atoms. The molecule has 3 aromatic rings. The first-order valence-corrected chi connectivity index (χ1v) is 19.7. The summed E-state index contributed by atoms with van der Waals surface area (Å²) in [6.45, 7) is 11.8. The molecule has 2 aliphatic rings. The number of hydrogen-bond donors (Lipinski definition) is 4. The lowest BCUT2D eigenvalue weighted by Crippen LogP contribution is -2.56. The summed E-state index contributed by atoms with van der Waals surface area (Å²) in [5, 5.41) is 8.29. The summed E-state index contributed by atoms with van der Waals surface area (Å²) >= 11 is 1.55. The van der Waals surface area contributed by atoms with Crippen LogP contribution in [-0.4, -0.2) is 78.2 Å². The Balaban J connectivity index is 0.000000279. The molecule has 1 atom stereocenters. The number of unbranched alkanes of at least 4 members (excludes halogenated alkanes) is 2. The maximum absolute atomic E-state index is 12.8. The van der Waals surface area contributed by atoms with Crippen molar-refractivity contribution in [2.75, 3.05) is 20.2 Å². The van der Waals surface area contributed by atoms with Gasteiger partial charge in [0.25, 0.3) is 5.91 Å². The molecular weight excluding hydrogens is 705 g/mol. The molecule has 0 unspecified atom stereocenters. The number of hydrogen-bond acceptors (Lipinski definition) is 9. The van der Waals surface area contributed by atoms with Crippen LogP contribution in [0.4, 0.5) is 4.79 Å². The number of amides is 4. The highest BCUT2D eigenvalue weighted by atomic mass is 32.2. The molecular formula is C37H50N6O7S2. The number of pyridine rings is 1. The van der Waals surface area contributed by atoms with E-state index < -0.39 is 38.7 Å². The summed E-state index contributed by atoms with van der Waals surface area (Å²) in [5.41, 5.74) is 1.34. The minimum absolute atomic E-state index is 0.0114. The lowest BCUT2D eigenvalue weighted by molar-refractivity contribution is -0.131. The molecule has 15 heteroatoms. The highest BCUT2D eigenvalue weighted by molar-refractivity contribution is 7.90. The number of H-pyrrole nitrogens is 1. The molecule has 1 saturated carbocycles. The van der Waals surface area contributed by atoms with Gasteiger partial charge >= 0.3 is 6.03 Å². The molecule has 0 spiro atoms. The van der Waals surface area contributed by atoms with E-state index in [9.17, 15) is 27.6 Å². The van der Waals surface area contributed by atoms with Gasteiger partial charge in [-0.3, -0.25) is 19.1 Å². The third kappa shape index (κ3) is 10.7. The van der Waals surface area contributed by atoms with Crippen LogP contribution in [0.25, 0.3) is 21.6 Å². The molecule has 1 aromatic carbocycles. The first kappa shape index (κ1) is 41.7. The smallest absolute Gasteiger partial charge is 0.318 e. The maximum atomic E-state index is 12.8. The van der Waals surface area contributed by atoms with Gasteiger partial charge in [0.1, 0.15) is 22.3 Å². The zero-order valence-electron chi connectivity index (χ0n) is 30.5. The number of ether oxygens (including phenoxy) is 1. The van der Waals surface area contributed by atoms with E-state index in [1.165, 1.54) is 18.7 Å². The third-order valence-corrected chi connectivity index (χ3v) is 11.3. The van der Waals surface area contributed by atoms with E-state index in [0.717, 1.165) is 46.9 Å². The van der Waals surface area contributed by atoms with Crippen molar-refractivity contribution in [3.05, 3.63) is 58.2 Å². The number of carbonyl (C=O) groups excluding carboxylic acids is 3. The zero-order chi connectivity index (χ0) is 38.6. The summed E-state index contributed by atoms with van der Waals surface area (Å²) in [7, 11) is -2.16. The second-order valence-electron chi connectivity index (χ2n) is 13.2. The van der Waals surface area contributed by atoms with Crippen molar-refractivity contribution in [2.24, 2.45) is 0 Å². The molecule has 3 heterocycles. The Bertz CT molecular complexity index is 1910. The molecule has 4 N–H and O–H groups in total. The fraction of sp³-hybridized carbons (Fsp3) is 0.486. The minimum Gasteiger partial charge on any atom is -0.497 e. The van der Waals surface area contributed by atoms with Crippen LogP contribution in [-0.2, 0) is 19.6 Å². The average molecular weight is 755 g/mol. The van der Waals surface area contributed by atoms with Gasteiger partial charge in [-0.15, -0.1) is 30.8 Å². The molecule has 2 aromatic heterocycles. The monoisotopic (exact) mass is 754 g/mol. The summed E-state index contributed by atoms with van der Waals surface area (Å²) in [6.07, 6.45) is 14.4. The molecule has 13 nitrogen and oxygen atoms in total. The number of nitrogens with one attached hydrogen (secondary N) is 4. The molecule has 0 bridgehead atoms. The first-order chi connectivity index (χ1) is 24.7. The Morgan fingerprint density at radius 3 is 2.48 bits per heavy atom. The van der Waals surface area contributed by atoms with Crippen molar-refractivity contribution in [1.29, 1.82) is 0 Å². The van der Waals surface area contributed by atoms with Crippen molar-refractivity contribution in [3.63, 3.8) is 0 Å². The van der Waals surface area contributed by atoms with Crippen LogP contribution < -0.4 is 25.5 Å². The van der Waals surface area contributed by atoms with Crippen molar-refractivity contribution in [1.82, 2.24) is 30.2 Å². The number of benzene rings is 1. The summed E-state index contributed by atoms with van der Waals surface area (Å²) in [4.78, 5) is 59.2. The van der Waals surface area contributed by atoms with Crippen LogP contribution >= 0.6 is 11.3 Å². The summed E-state index contributed by atoms with van der Waals surface area (Å²) in [6, 6.07) is 6.05. The fourth-order valence-corrected chi connectivity index (χ4v) is 6.98. The molecule has 0 radical (unpaired) electrons. The van der Waals surface area contributed by atoms with Crippen LogP contribution in [0, 0.1) is 12.8 Å². The number of nitrogens with zero attached hydrogens (tertiary/aromatic N) is 2. The number of thiazole rings is 1. The number of sulfonamides is 1. The van der Waals surface area contributed by atoms with Gasteiger partial charge < -0.3 is 25.3 Å². The molecule has 4 amide bonds. The van der Waals surface area contributed by atoms with E-state index in [4.69, 9.17) is 4.74 Å². The highest BCUT2D eigenvalue weighted by Gasteiger charge is 2.53. The number of carbonyl (C=O) groups is 3. The van der Waals surface area contributed by atoms with Gasteiger partial charge in [-0.2, -0.15) is 0 Å². The molecule has 1 aliphatic heterocycles. The lowest BCUT2D eigenvalue weighted by atomic mass is 10.1. The number of aromatic amines is 1. The molecule has 5 rings (SSSR count). The van der Waals surface area contributed by atoms with Crippen molar-refractivity contribution >= 4 is 50.1 Å². The van der Waals surface area contributed by atoms with E-state index in [-0.39, 0.29) is 11.5 Å². The van der Waals surface area contributed by atoms with Crippen LogP contribution in [0.3, 0.4) is 0 Å². The van der Waals surface area contributed by atoms with Gasteiger partial charge in [-0.05, 0) is 76.8 Å². The number of methoxy groups -OCH3 is 1. The standard InChI is InChI=1S/C19H32N4O5S.C16H16N2O2S.C2H2/c1-4-5-6-7-12-20-18(26)23-13-8-9-15(23)16(24)21-19(10-11-19)17(25)22-29(27,28)14(2)3;1-9(2)14-8-21-16(18-14)13-7-15(19)11-5-4-10(20-3)6-12(11)17-13;1-2/h4,14-15H,1,5-13H2,2-3H3,(H,20,26)(H,21,24)(H,22,25);4-9H,1-3H3,(H,17,19);1-2H/t15-;;/m0../s1. The SMILES string of the molecule is C#C.C=CCCCCNC(=O)N1CCC[C@H]1C(=O)NC1(C(=O)NS(=O)(=O)C(C)C)CC1.COc1ccc2c(=O)cc(-c3nc(C(C)C)cs3)[nH]c2c1. The zero-order valence-corrected chi connectivity index (χ0v) is 32.1. The number of fused-ring (bicyclic) bond motifs is 1. The van der Waals surface area contributed by atoms with Crippen LogP contribution in [0.15, 0.2) is 47.1 Å². The highest BCUT2D eigenvalue weighted by Crippen LogP contribution is 2.36. The largest absolute Gasteiger partial charge is 0.497 e. The van der Waals surface area contributed by atoms with E-state index >= 15 is 0 Å². The second-order valence-corrected chi connectivity index (χ2v) is 16.3. The van der Waals surface area contributed by atoms with Gasteiger partial charge in [0, 0.05) is 36.0 Å². The second kappa shape index (κ2) is 18.7. The van der Waals surface area contributed by atoms with Crippen molar-refractivity contribution < 1.29 is 27.5 Å². The van der Waals surface area contributed by atoms with Crippen molar-refractivity contribution in [2.45, 2.75) is 95.4 Å². The fourth-order valence-electron chi connectivity index (χ4n) is 5.34. The van der Waals surface area contributed by atoms with Gasteiger partial charge in [0.05, 0.1) is 29.3 Å². The Morgan fingerprint density at radius 2 is 1.88 bits per heavy atom. The quantitative estimate of drug-likeness (QED) is 0.106. The lowest BCUT2D eigenvalue weighted by Gasteiger charge is -2.26. The molecule has 2 fully saturated rings. The Labute approximate surface area is 310 Å². The third-order valence-electron chi connectivity index (χ3n) is 8.71. The van der Waals surface area contributed by atoms with Crippen LogP contribution in [0.5, 0.6) is 5.75 Å². The number of terminal acetylenes is 1. The Hall–Kier alpha value is -4.68. The summed E-state index contributed by atoms with van der Waals surface area (Å²) in [5.74, 6) is -0.0331. The van der Waals surface area contributed by atoms with Crippen LogP contribution in [0.2, 0.25) is 0 Å².